The number of nitrogens with zero attached hydrogens (tertiary/aromatic N) is 1. The van der Waals surface area contributed by atoms with Gasteiger partial charge in [0.15, 0.2) is 0 Å². The van der Waals surface area contributed by atoms with Crippen molar-refractivity contribution in [3.05, 3.63) is 65.2 Å². The lowest BCUT2D eigenvalue weighted by atomic mass is 9.90. The third-order valence-corrected chi connectivity index (χ3v) is 5.10. The zero-order valence-electron chi connectivity index (χ0n) is 15.3. The standard InChI is InChI=1S/C21H23NO4/c1-15(17-6-10-19(25-3)11-7-17)22-13-12-21(2,26-20(22)24)18-8-4-16(14-23)5-9-18/h4-11,14-15H,12-13H2,1-3H3. The SMILES string of the molecule is COc1ccc(C(C)N2CCC(C)(c3ccc(C=O)cc3)OC2=O)cc1. The second-order valence-corrected chi connectivity index (χ2v) is 6.73. The van der Waals surface area contributed by atoms with Crippen molar-refractivity contribution in [2.75, 3.05) is 13.7 Å². The molecule has 0 aromatic heterocycles. The highest BCUT2D eigenvalue weighted by molar-refractivity contribution is 5.75. The summed E-state index contributed by atoms with van der Waals surface area (Å²) in [6.45, 7) is 4.50. The van der Waals surface area contributed by atoms with E-state index in [0.29, 0.717) is 18.5 Å². The van der Waals surface area contributed by atoms with Gasteiger partial charge < -0.3 is 14.4 Å². The maximum atomic E-state index is 12.7. The van der Waals surface area contributed by atoms with E-state index < -0.39 is 5.60 Å². The molecule has 5 heteroatoms. The molecule has 3 rings (SSSR count). The van der Waals surface area contributed by atoms with Crippen molar-refractivity contribution in [1.29, 1.82) is 0 Å². The fourth-order valence-electron chi connectivity index (χ4n) is 3.26. The molecule has 1 amide bonds. The summed E-state index contributed by atoms with van der Waals surface area (Å²) < 4.78 is 11.0. The summed E-state index contributed by atoms with van der Waals surface area (Å²) in [6, 6.07) is 14.8. The van der Waals surface area contributed by atoms with E-state index in [1.807, 2.05) is 50.2 Å². The number of aldehydes is 1. The molecule has 2 aromatic carbocycles. The maximum Gasteiger partial charge on any atom is 0.411 e. The van der Waals surface area contributed by atoms with Crippen molar-refractivity contribution in [3.63, 3.8) is 0 Å². The van der Waals surface area contributed by atoms with Crippen molar-refractivity contribution in [1.82, 2.24) is 4.90 Å². The fourth-order valence-corrected chi connectivity index (χ4v) is 3.26. The van der Waals surface area contributed by atoms with Gasteiger partial charge in [-0.3, -0.25) is 4.79 Å². The van der Waals surface area contributed by atoms with Crippen LogP contribution in [0.2, 0.25) is 0 Å². The van der Waals surface area contributed by atoms with E-state index in [9.17, 15) is 9.59 Å². The Morgan fingerprint density at radius 2 is 1.81 bits per heavy atom. The molecule has 1 aliphatic heterocycles. The molecule has 2 unspecified atom stereocenters. The Balaban J connectivity index is 1.74. The first-order valence-corrected chi connectivity index (χ1v) is 8.66. The van der Waals surface area contributed by atoms with Gasteiger partial charge >= 0.3 is 6.09 Å². The predicted octanol–water partition coefficient (Wildman–Crippen LogP) is 4.33. The molecule has 0 saturated carbocycles. The number of rotatable bonds is 5. The van der Waals surface area contributed by atoms with Gasteiger partial charge in [0.05, 0.1) is 13.2 Å². The van der Waals surface area contributed by atoms with E-state index in [-0.39, 0.29) is 12.1 Å². The lowest BCUT2D eigenvalue weighted by Crippen LogP contribution is -2.47. The van der Waals surface area contributed by atoms with Crippen LogP contribution in [-0.4, -0.2) is 30.9 Å². The maximum absolute atomic E-state index is 12.7. The molecule has 0 spiro atoms. The van der Waals surface area contributed by atoms with E-state index in [1.54, 1.807) is 24.1 Å². The Morgan fingerprint density at radius 3 is 2.35 bits per heavy atom. The minimum Gasteiger partial charge on any atom is -0.497 e. The number of methoxy groups -OCH3 is 1. The van der Waals surface area contributed by atoms with Crippen molar-refractivity contribution in [3.8, 4) is 5.75 Å². The Morgan fingerprint density at radius 1 is 1.15 bits per heavy atom. The molecule has 2 aromatic rings. The Labute approximate surface area is 153 Å². The Hall–Kier alpha value is -2.82. The number of benzene rings is 2. The number of ether oxygens (including phenoxy) is 2. The van der Waals surface area contributed by atoms with Crippen molar-refractivity contribution < 1.29 is 19.1 Å². The molecule has 5 nitrogen and oxygen atoms in total. The van der Waals surface area contributed by atoms with Crippen LogP contribution in [-0.2, 0) is 10.3 Å². The first-order valence-electron chi connectivity index (χ1n) is 8.66. The van der Waals surface area contributed by atoms with Gasteiger partial charge in [0, 0.05) is 18.5 Å². The largest absolute Gasteiger partial charge is 0.497 e. The van der Waals surface area contributed by atoms with Crippen LogP contribution < -0.4 is 4.74 Å². The summed E-state index contributed by atoms with van der Waals surface area (Å²) in [6.07, 6.45) is 1.15. The van der Waals surface area contributed by atoms with Gasteiger partial charge in [-0.05, 0) is 37.1 Å². The molecule has 2 atom stereocenters. The third-order valence-electron chi connectivity index (χ3n) is 5.10. The second kappa shape index (κ2) is 7.20. The van der Waals surface area contributed by atoms with Crippen LogP contribution in [0.15, 0.2) is 48.5 Å². The molecule has 1 aliphatic rings. The van der Waals surface area contributed by atoms with Crippen LogP contribution in [0.5, 0.6) is 5.75 Å². The summed E-state index contributed by atoms with van der Waals surface area (Å²) in [4.78, 5) is 25.2. The van der Waals surface area contributed by atoms with Crippen LogP contribution in [0.4, 0.5) is 4.79 Å². The zero-order chi connectivity index (χ0) is 18.7. The zero-order valence-corrected chi connectivity index (χ0v) is 15.3. The first-order chi connectivity index (χ1) is 12.5. The predicted molar refractivity (Wildman–Crippen MR) is 98.4 cm³/mol. The van der Waals surface area contributed by atoms with Crippen LogP contribution in [0.1, 0.15) is 47.8 Å². The summed E-state index contributed by atoms with van der Waals surface area (Å²) in [5.41, 5.74) is 1.85. The van der Waals surface area contributed by atoms with Gasteiger partial charge in [-0.2, -0.15) is 0 Å². The van der Waals surface area contributed by atoms with E-state index in [2.05, 4.69) is 0 Å². The molecule has 0 radical (unpaired) electrons. The smallest absolute Gasteiger partial charge is 0.411 e. The van der Waals surface area contributed by atoms with E-state index in [0.717, 1.165) is 23.2 Å². The number of cyclic esters (lactones) is 1. The topological polar surface area (TPSA) is 55.8 Å². The van der Waals surface area contributed by atoms with Gasteiger partial charge in [0.1, 0.15) is 17.6 Å². The molecule has 0 aliphatic carbocycles. The van der Waals surface area contributed by atoms with Crippen LogP contribution in [0, 0.1) is 0 Å². The summed E-state index contributed by atoms with van der Waals surface area (Å²) in [5.74, 6) is 0.786. The Kier molecular flexibility index (Phi) is 4.98. The minimum atomic E-state index is -0.686. The van der Waals surface area contributed by atoms with Crippen LogP contribution >= 0.6 is 0 Å². The minimum absolute atomic E-state index is 0.0876. The first kappa shape index (κ1) is 18.0. The molecule has 0 bridgehead atoms. The van der Waals surface area contributed by atoms with E-state index in [4.69, 9.17) is 9.47 Å². The molecule has 136 valence electrons. The molecule has 1 heterocycles. The molecular formula is C21H23NO4. The number of amides is 1. The number of carbonyl (C=O) groups excluding carboxylic acids is 2. The normalized spacial score (nSPS) is 21.0. The Bertz CT molecular complexity index is 785. The second-order valence-electron chi connectivity index (χ2n) is 6.73. The summed E-state index contributed by atoms with van der Waals surface area (Å²) in [7, 11) is 1.63. The highest BCUT2D eigenvalue weighted by Crippen LogP contribution is 2.36. The molecular weight excluding hydrogens is 330 g/mol. The summed E-state index contributed by atoms with van der Waals surface area (Å²) >= 11 is 0. The number of carbonyl (C=O) groups is 2. The van der Waals surface area contributed by atoms with Gasteiger partial charge in [0.2, 0.25) is 0 Å². The molecule has 26 heavy (non-hydrogen) atoms. The van der Waals surface area contributed by atoms with Crippen molar-refractivity contribution in [2.45, 2.75) is 31.9 Å². The lowest BCUT2D eigenvalue weighted by molar-refractivity contribution is -0.0491. The van der Waals surface area contributed by atoms with Crippen molar-refractivity contribution >= 4 is 12.4 Å². The number of hydrogen-bond acceptors (Lipinski definition) is 4. The third kappa shape index (κ3) is 3.43. The monoisotopic (exact) mass is 353 g/mol. The molecule has 0 N–H and O–H groups in total. The highest BCUT2D eigenvalue weighted by atomic mass is 16.6. The van der Waals surface area contributed by atoms with Gasteiger partial charge in [-0.25, -0.2) is 4.79 Å². The van der Waals surface area contributed by atoms with Crippen LogP contribution in [0.25, 0.3) is 0 Å². The fraction of sp³-hybridized carbons (Fsp3) is 0.333. The van der Waals surface area contributed by atoms with Gasteiger partial charge in [-0.1, -0.05) is 36.4 Å². The lowest BCUT2D eigenvalue weighted by Gasteiger charge is -2.41. The quantitative estimate of drug-likeness (QED) is 0.751. The van der Waals surface area contributed by atoms with E-state index >= 15 is 0 Å². The van der Waals surface area contributed by atoms with Crippen LogP contribution in [0.3, 0.4) is 0 Å². The molecule has 1 saturated heterocycles. The molecule has 1 fully saturated rings. The average molecular weight is 353 g/mol. The van der Waals surface area contributed by atoms with Gasteiger partial charge in [0.25, 0.3) is 0 Å². The van der Waals surface area contributed by atoms with E-state index in [1.165, 1.54) is 0 Å². The average Bonchev–Trinajstić information content (AvgIpc) is 2.67. The number of hydrogen-bond donors (Lipinski definition) is 0. The van der Waals surface area contributed by atoms with Gasteiger partial charge in [-0.15, -0.1) is 0 Å². The summed E-state index contributed by atoms with van der Waals surface area (Å²) in [5, 5.41) is 0. The highest BCUT2D eigenvalue weighted by Gasteiger charge is 2.39. The van der Waals surface area contributed by atoms with Crippen molar-refractivity contribution in [2.24, 2.45) is 0 Å².